The van der Waals surface area contributed by atoms with Gasteiger partial charge in [-0.25, -0.2) is 34.1 Å². The van der Waals surface area contributed by atoms with E-state index in [-0.39, 0.29) is 38.5 Å². The molecule has 13 rings (SSSR count). The number of halogens is 1. The summed E-state index contributed by atoms with van der Waals surface area (Å²) in [5.74, 6) is -14.2. The Morgan fingerprint density at radius 3 is 0.906 bits per heavy atom. The SMILES string of the molecule is C[C@H](N)C(=O)OC[C@H]1O[C@@H](n2cnc(C(N)=O)c2O)[C@H](O)C1O.NC(=O)c1ncn([C@@H]2O[C@H](COC(=O)C[C@H](N)C(=O)OCc3ccccc3)C(O)[C@H]2O)c1O.NC(=O)c1ncn([C@@H]2O[C@H](COC(=O)[C@@H](N)CC(=O)OCc3ccccc3)C(O)[C@H]2O)c1O.NC(=O)c1ncn([C@@H]2O[C@H](COC(=O)c3cccc(F)c3)C(O)[C@H]2O)c1O.NCC(=O)OC[C@H]1O[C@@H](n2cnc(C(N)=O)c2O)[C@H](O)C1O. The second-order valence-corrected chi connectivity index (χ2v) is 30.3. The molecular weight excluding hydrogens is 1860 g/mol. The number of primary amides is 5. The van der Waals surface area contributed by atoms with Gasteiger partial charge in [0.25, 0.3) is 29.5 Å². The number of carbonyl (C=O) groups is 12. The Morgan fingerprint density at radius 2 is 0.623 bits per heavy atom. The molecule has 5 aliphatic rings. The van der Waals surface area contributed by atoms with Crippen molar-refractivity contribution in [2.75, 3.05) is 39.6 Å². The lowest BCUT2D eigenvalue weighted by molar-refractivity contribution is -0.156. The van der Waals surface area contributed by atoms with Gasteiger partial charge in [0.1, 0.15) is 193 Å². The molecule has 5 aliphatic heterocycles. The number of aromatic nitrogens is 10. The molecule has 0 aliphatic carbocycles. The van der Waals surface area contributed by atoms with Crippen molar-refractivity contribution in [2.24, 2.45) is 51.6 Å². The van der Waals surface area contributed by atoms with Crippen LogP contribution in [0.3, 0.4) is 0 Å². The topological polar surface area (TPSA) is 942 Å². The van der Waals surface area contributed by atoms with Crippen molar-refractivity contribution in [3.63, 3.8) is 0 Å². The van der Waals surface area contributed by atoms with Crippen molar-refractivity contribution >= 4 is 71.3 Å². The molecule has 33 N–H and O–H groups in total. The number of benzene rings is 3. The van der Waals surface area contributed by atoms with E-state index < -0.39 is 308 Å². The third-order valence-electron chi connectivity index (χ3n) is 20.5. The number of imidazole rings is 5. The van der Waals surface area contributed by atoms with Crippen LogP contribution in [0.1, 0.15) is 125 Å². The number of ether oxygens (including phenoxy) is 12. The van der Waals surface area contributed by atoms with E-state index in [9.17, 15) is 139 Å². The summed E-state index contributed by atoms with van der Waals surface area (Å²) in [4.78, 5) is 156. The highest BCUT2D eigenvalue weighted by Crippen LogP contribution is 2.39. The van der Waals surface area contributed by atoms with Crippen LogP contribution in [0.2, 0.25) is 0 Å². The van der Waals surface area contributed by atoms with Gasteiger partial charge in [-0.2, -0.15) is 0 Å². The molecule has 58 nitrogen and oxygen atoms in total. The van der Waals surface area contributed by atoms with Crippen LogP contribution in [0.15, 0.2) is 117 Å². The summed E-state index contributed by atoms with van der Waals surface area (Å²) in [6, 6.07) is 19.3. The molecule has 0 spiro atoms. The fraction of sp³-hybridized carbons (Fsp3) is 0.430. The summed E-state index contributed by atoms with van der Waals surface area (Å²) in [7, 11) is 0. The third kappa shape index (κ3) is 26.6. The maximum Gasteiger partial charge on any atom is 0.338 e. The first-order valence-electron chi connectivity index (χ1n) is 40.6. The molecular formula is C79H98FN19O39. The van der Waals surface area contributed by atoms with Crippen molar-refractivity contribution < 1.29 is 195 Å². The quantitative estimate of drug-likeness (QED) is 0.0134. The minimum Gasteiger partial charge on any atom is -0.493 e. The lowest BCUT2D eigenvalue weighted by Gasteiger charge is -2.17. The number of nitrogens with zero attached hydrogens (tertiary/aromatic N) is 10. The van der Waals surface area contributed by atoms with Crippen molar-refractivity contribution in [3.05, 3.63) is 168 Å². The molecule has 5 saturated heterocycles. The van der Waals surface area contributed by atoms with Crippen molar-refractivity contribution in [3.8, 4) is 29.4 Å². The molecule has 8 aromatic rings. The van der Waals surface area contributed by atoms with Gasteiger partial charge in [0, 0.05) is 0 Å². The van der Waals surface area contributed by atoms with Crippen LogP contribution in [0.5, 0.6) is 29.4 Å². The maximum absolute atomic E-state index is 13.1. The van der Waals surface area contributed by atoms with Gasteiger partial charge in [-0.3, -0.25) is 75.6 Å². The standard InChI is InChI=1S/2C20H24N4O9.C16H16FN3O7.C12H18N4O7.C11H16N4O7/c21-11(20(30)32-7-10-4-2-1-3-5-10)6-13(25)31-8-12-15(26)16(27)19(33-12)24-9-23-14(17(22)28)18(24)29;21-11(6-13(25)31-7-10-4-2-1-3-5-10)20(30)32-8-12-15(26)16(27)19(33-12)24-9-23-14(17(22)28)18(24)29;17-8-3-1-2-7(4-8)16(25)26-5-9-11(21)12(22)15(27-9)20-6-19-10(13(18)23)14(20)24;1-4(13)12(21)22-2-5-7(17)8(18)11(23-5)16-3-15-6(9(14)19)10(16)20;12-1-5(16)21-2-4-7(17)8(18)11(22-4)15-3-14-6(9(13)19)10(15)20/h2*1-5,9,11-12,15-16,19,26-27,29H,6-8,21H2,(H2,22,28);1-4,6,9,11-12,15,21-22,24H,5H2,(H2,18,23);3-5,7-8,11,17-18,20H,2,13H2,1H3,(H2,14,19);3-4,7-8,11,17-18,20H,1-2,12H2,(H2,13,19)/t2*11-,12+,15?,16+,19+;9-,11?,12-,15-;4-,5+,7?,8+,11+;4-,7?,8-,11-/m00101/s1. The second-order valence-electron chi connectivity index (χ2n) is 30.3. The molecule has 59 heteroatoms. The van der Waals surface area contributed by atoms with E-state index in [1.54, 1.807) is 48.5 Å². The first-order valence-corrected chi connectivity index (χ1v) is 40.6. The molecule has 5 fully saturated rings. The largest absolute Gasteiger partial charge is 0.493 e. The summed E-state index contributed by atoms with van der Waals surface area (Å²) in [5.41, 5.74) is 46.4. The number of hydrogen-bond acceptors (Lipinski definition) is 48. The molecule has 10 heterocycles. The van der Waals surface area contributed by atoms with Gasteiger partial charge in [-0.05, 0) is 36.2 Å². The monoisotopic (exact) mass is 1960 g/mol. The summed E-state index contributed by atoms with van der Waals surface area (Å²) in [6.07, 6.45) is -22.5. The Hall–Kier alpha value is -14.5. The fourth-order valence-corrected chi connectivity index (χ4v) is 13.1. The summed E-state index contributed by atoms with van der Waals surface area (Å²) >= 11 is 0. The van der Waals surface area contributed by atoms with E-state index in [1.165, 1.54) is 25.1 Å². The molecule has 5 unspecified atom stereocenters. The van der Waals surface area contributed by atoms with Crippen LogP contribution in [-0.4, -0.2) is 345 Å². The lowest BCUT2D eigenvalue weighted by atomic mass is 10.1. The summed E-state index contributed by atoms with van der Waals surface area (Å²) in [5, 5.41) is 151. The van der Waals surface area contributed by atoms with E-state index in [4.69, 9.17) is 108 Å². The van der Waals surface area contributed by atoms with Crippen LogP contribution >= 0.6 is 0 Å². The highest BCUT2D eigenvalue weighted by atomic mass is 19.1. The van der Waals surface area contributed by atoms with Gasteiger partial charge >= 0.3 is 41.8 Å². The van der Waals surface area contributed by atoms with Crippen LogP contribution in [0.4, 0.5) is 4.39 Å². The molecule has 5 aromatic heterocycles. The molecule has 0 radical (unpaired) electrons. The molecule has 0 saturated carbocycles. The molecule has 23 atom stereocenters. The summed E-state index contributed by atoms with van der Waals surface area (Å²) < 4.78 is 79.5. The highest BCUT2D eigenvalue weighted by Gasteiger charge is 2.51. The molecule has 138 heavy (non-hydrogen) atoms. The first-order chi connectivity index (χ1) is 65.3. The van der Waals surface area contributed by atoms with E-state index >= 15 is 0 Å². The fourth-order valence-electron chi connectivity index (χ4n) is 13.1. The molecule has 750 valence electrons. The van der Waals surface area contributed by atoms with Gasteiger partial charge in [0.05, 0.1) is 24.9 Å². The van der Waals surface area contributed by atoms with Gasteiger partial charge in [-0.1, -0.05) is 66.7 Å². The number of nitrogens with two attached hydrogens (primary N) is 9. The minimum atomic E-state index is -1.55. The minimum absolute atomic E-state index is 0.00235. The number of carbonyl (C=O) groups excluding carboxylic acids is 12. The Balaban J connectivity index is 0.000000195. The van der Waals surface area contributed by atoms with E-state index in [0.717, 1.165) is 71.7 Å². The molecule has 5 amide bonds. The Morgan fingerprint density at radius 1 is 0.355 bits per heavy atom. The van der Waals surface area contributed by atoms with Gasteiger partial charge < -0.3 is 185 Å². The molecule has 0 bridgehead atoms. The number of hydrogen-bond donors (Lipinski definition) is 24. The van der Waals surface area contributed by atoms with Gasteiger partial charge in [0.2, 0.25) is 29.4 Å². The second kappa shape index (κ2) is 48.3. The number of aliphatic hydroxyl groups is 10. The van der Waals surface area contributed by atoms with Crippen molar-refractivity contribution in [2.45, 2.75) is 174 Å². The van der Waals surface area contributed by atoms with Crippen LogP contribution < -0.4 is 51.6 Å². The number of aliphatic hydroxyl groups excluding tert-OH is 10. The number of aromatic hydroxyl groups is 5. The average Bonchev–Trinajstić information content (AvgIpc) is 1.66. The number of amides is 5. The van der Waals surface area contributed by atoms with E-state index in [1.807, 2.05) is 12.1 Å². The predicted octanol–water partition coefficient (Wildman–Crippen LogP) is -10.1. The van der Waals surface area contributed by atoms with Crippen LogP contribution in [0, 0.1) is 5.82 Å². The van der Waals surface area contributed by atoms with E-state index in [0.29, 0.717) is 0 Å². The normalized spacial score (nSPS) is 25.1. The Kier molecular flexibility index (Phi) is 37.5. The van der Waals surface area contributed by atoms with E-state index in [2.05, 4.69) is 24.9 Å². The van der Waals surface area contributed by atoms with Gasteiger partial charge in [0.15, 0.2) is 59.6 Å². The van der Waals surface area contributed by atoms with Gasteiger partial charge in [-0.15, -0.1) is 0 Å². The average molecular weight is 1960 g/mol. The molecule has 3 aromatic carbocycles. The first kappa shape index (κ1) is 107. The third-order valence-corrected chi connectivity index (χ3v) is 20.5. The zero-order chi connectivity index (χ0) is 102. The highest BCUT2D eigenvalue weighted by molar-refractivity contribution is 5.95. The zero-order valence-corrected chi connectivity index (χ0v) is 71.9. The van der Waals surface area contributed by atoms with Crippen molar-refractivity contribution in [1.29, 1.82) is 0 Å². The Labute approximate surface area is 773 Å². The number of esters is 7. The zero-order valence-electron chi connectivity index (χ0n) is 71.9. The van der Waals surface area contributed by atoms with Crippen LogP contribution in [-0.2, 0) is 98.8 Å². The number of rotatable bonds is 33. The maximum atomic E-state index is 13.1. The predicted molar refractivity (Wildman–Crippen MR) is 443 cm³/mol. The lowest BCUT2D eigenvalue weighted by Crippen LogP contribution is -2.39. The van der Waals surface area contributed by atoms with Crippen LogP contribution in [0.25, 0.3) is 0 Å². The van der Waals surface area contributed by atoms with Crippen molar-refractivity contribution in [1.82, 2.24) is 47.8 Å². The smallest absolute Gasteiger partial charge is 0.338 e. The Bertz CT molecular complexity index is 5570. The summed E-state index contributed by atoms with van der Waals surface area (Å²) in [6.45, 7) is -0.960.